The van der Waals surface area contributed by atoms with Gasteiger partial charge in [0.1, 0.15) is 6.04 Å². The molecule has 1 atom stereocenters. The van der Waals surface area contributed by atoms with E-state index in [4.69, 9.17) is 5.11 Å². The van der Waals surface area contributed by atoms with Gasteiger partial charge < -0.3 is 10.4 Å². The molecule has 1 unspecified atom stereocenters. The maximum absolute atomic E-state index is 11.9. The molecule has 21 heavy (non-hydrogen) atoms. The molecule has 5 nitrogen and oxygen atoms in total. The number of anilines is 1. The molecule has 0 saturated carbocycles. The number of aliphatic carboxylic acids is 1. The fourth-order valence-electron chi connectivity index (χ4n) is 2.02. The number of benzene rings is 1. The molecular weight excluding hydrogens is 268 g/mol. The summed E-state index contributed by atoms with van der Waals surface area (Å²) in [6.07, 6.45) is 0.492. The second kappa shape index (κ2) is 7.78. The molecular formula is C16H24N2O3. The Morgan fingerprint density at radius 3 is 2.48 bits per heavy atom. The quantitative estimate of drug-likeness (QED) is 0.720. The van der Waals surface area contributed by atoms with Crippen molar-refractivity contribution in [2.75, 3.05) is 11.9 Å². The maximum atomic E-state index is 11.9. The van der Waals surface area contributed by atoms with Crippen LogP contribution in [-0.2, 0) is 9.59 Å². The first-order chi connectivity index (χ1) is 9.79. The van der Waals surface area contributed by atoms with Crippen LogP contribution in [0.25, 0.3) is 0 Å². The predicted molar refractivity (Wildman–Crippen MR) is 83.4 cm³/mol. The van der Waals surface area contributed by atoms with Crippen LogP contribution in [0.5, 0.6) is 0 Å². The third kappa shape index (κ3) is 5.95. The van der Waals surface area contributed by atoms with Crippen LogP contribution in [0.4, 0.5) is 5.69 Å². The Morgan fingerprint density at radius 2 is 1.90 bits per heavy atom. The minimum atomic E-state index is -0.928. The minimum absolute atomic E-state index is 0.0168. The molecule has 0 aliphatic carbocycles. The Labute approximate surface area is 125 Å². The molecule has 1 aromatic carbocycles. The van der Waals surface area contributed by atoms with E-state index in [1.54, 1.807) is 0 Å². The molecule has 3 N–H and O–H groups in total. The summed E-state index contributed by atoms with van der Waals surface area (Å²) in [5, 5.41) is 14.7. The van der Waals surface area contributed by atoms with Crippen molar-refractivity contribution in [3.05, 3.63) is 29.3 Å². The molecule has 0 aliphatic heterocycles. The van der Waals surface area contributed by atoms with Crippen LogP contribution < -0.4 is 10.6 Å². The minimum Gasteiger partial charge on any atom is -0.480 e. The number of hydrogen-bond donors (Lipinski definition) is 3. The second-order valence-electron chi connectivity index (χ2n) is 5.77. The molecule has 0 fully saturated rings. The monoisotopic (exact) mass is 292 g/mol. The summed E-state index contributed by atoms with van der Waals surface area (Å²) in [6.45, 7) is 7.76. The van der Waals surface area contributed by atoms with Gasteiger partial charge in [0.25, 0.3) is 0 Å². The van der Waals surface area contributed by atoms with E-state index in [1.165, 1.54) is 0 Å². The van der Waals surface area contributed by atoms with Crippen molar-refractivity contribution in [1.82, 2.24) is 5.32 Å². The highest BCUT2D eigenvalue weighted by atomic mass is 16.4. The first-order valence-corrected chi connectivity index (χ1v) is 7.13. The molecule has 5 heteroatoms. The Balaban J connectivity index is 2.57. The van der Waals surface area contributed by atoms with Crippen molar-refractivity contribution in [3.63, 3.8) is 0 Å². The Hall–Kier alpha value is -1.88. The predicted octanol–water partition coefficient (Wildman–Crippen LogP) is 2.33. The molecule has 0 heterocycles. The van der Waals surface area contributed by atoms with Crippen LogP contribution in [0.2, 0.25) is 0 Å². The highest BCUT2D eigenvalue weighted by Crippen LogP contribution is 2.16. The third-order valence-corrected chi connectivity index (χ3v) is 3.18. The van der Waals surface area contributed by atoms with E-state index in [1.807, 2.05) is 45.9 Å². The normalized spacial score (nSPS) is 12.2. The Kier molecular flexibility index (Phi) is 6.37. The summed E-state index contributed by atoms with van der Waals surface area (Å²) in [4.78, 5) is 23.0. The molecule has 116 valence electrons. The van der Waals surface area contributed by atoms with Crippen LogP contribution in [-0.4, -0.2) is 29.6 Å². The van der Waals surface area contributed by atoms with E-state index in [0.29, 0.717) is 6.42 Å². The molecule has 1 rings (SSSR count). The Morgan fingerprint density at radius 1 is 1.24 bits per heavy atom. The van der Waals surface area contributed by atoms with E-state index in [0.717, 1.165) is 16.8 Å². The summed E-state index contributed by atoms with van der Waals surface area (Å²) in [6, 6.07) is 5.12. The summed E-state index contributed by atoms with van der Waals surface area (Å²) in [7, 11) is 0. The summed E-state index contributed by atoms with van der Waals surface area (Å²) in [5.41, 5.74) is 2.80. The SMILES string of the molecule is Cc1ccc(C)c(NC(=O)CNC(CC(C)C)C(=O)O)c1. The Bertz CT molecular complexity index is 512. The van der Waals surface area contributed by atoms with Gasteiger partial charge in [-0.15, -0.1) is 0 Å². The molecule has 1 amide bonds. The first kappa shape index (κ1) is 17.2. The molecule has 0 bridgehead atoms. The second-order valence-corrected chi connectivity index (χ2v) is 5.77. The van der Waals surface area contributed by atoms with Gasteiger partial charge in [0.2, 0.25) is 5.91 Å². The summed E-state index contributed by atoms with van der Waals surface area (Å²) >= 11 is 0. The van der Waals surface area contributed by atoms with Gasteiger partial charge >= 0.3 is 5.97 Å². The molecule has 0 radical (unpaired) electrons. The van der Waals surface area contributed by atoms with E-state index in [2.05, 4.69) is 10.6 Å². The van der Waals surface area contributed by atoms with Crippen molar-refractivity contribution in [2.24, 2.45) is 5.92 Å². The topological polar surface area (TPSA) is 78.4 Å². The van der Waals surface area contributed by atoms with Crippen LogP contribution in [0.3, 0.4) is 0 Å². The number of rotatable bonds is 7. The summed E-state index contributed by atoms with van der Waals surface area (Å²) in [5.74, 6) is -0.914. The van der Waals surface area contributed by atoms with Crippen molar-refractivity contribution in [3.8, 4) is 0 Å². The number of hydrogen-bond acceptors (Lipinski definition) is 3. The zero-order valence-corrected chi connectivity index (χ0v) is 13.1. The molecule has 0 spiro atoms. The lowest BCUT2D eigenvalue weighted by Gasteiger charge is -2.16. The average molecular weight is 292 g/mol. The number of carbonyl (C=O) groups excluding carboxylic acids is 1. The van der Waals surface area contributed by atoms with Gasteiger partial charge in [-0.1, -0.05) is 26.0 Å². The highest BCUT2D eigenvalue weighted by Gasteiger charge is 2.19. The number of carboxylic acids is 1. The van der Waals surface area contributed by atoms with Gasteiger partial charge in [0.05, 0.1) is 6.54 Å². The van der Waals surface area contributed by atoms with Crippen molar-refractivity contribution in [1.29, 1.82) is 0 Å². The zero-order chi connectivity index (χ0) is 16.0. The van der Waals surface area contributed by atoms with E-state index >= 15 is 0 Å². The molecule has 0 aromatic heterocycles. The number of carbonyl (C=O) groups is 2. The fraction of sp³-hybridized carbons (Fsp3) is 0.500. The van der Waals surface area contributed by atoms with Gasteiger partial charge in [-0.25, -0.2) is 0 Å². The van der Waals surface area contributed by atoms with Crippen molar-refractivity contribution < 1.29 is 14.7 Å². The van der Waals surface area contributed by atoms with Gasteiger partial charge in [-0.2, -0.15) is 0 Å². The molecule has 0 saturated heterocycles. The summed E-state index contributed by atoms with van der Waals surface area (Å²) < 4.78 is 0. The number of carboxylic acid groups (broad SMARTS) is 1. The fourth-order valence-corrected chi connectivity index (χ4v) is 2.02. The van der Waals surface area contributed by atoms with Crippen LogP contribution in [0.15, 0.2) is 18.2 Å². The zero-order valence-electron chi connectivity index (χ0n) is 13.1. The smallest absolute Gasteiger partial charge is 0.320 e. The lowest BCUT2D eigenvalue weighted by molar-refractivity contribution is -0.139. The molecule has 1 aromatic rings. The lowest BCUT2D eigenvalue weighted by atomic mass is 10.0. The largest absolute Gasteiger partial charge is 0.480 e. The van der Waals surface area contributed by atoms with Crippen molar-refractivity contribution in [2.45, 2.75) is 40.2 Å². The van der Waals surface area contributed by atoms with Gasteiger partial charge in [-0.05, 0) is 43.4 Å². The van der Waals surface area contributed by atoms with E-state index in [9.17, 15) is 9.59 Å². The van der Waals surface area contributed by atoms with Gasteiger partial charge in [-0.3, -0.25) is 14.9 Å². The third-order valence-electron chi connectivity index (χ3n) is 3.18. The van der Waals surface area contributed by atoms with E-state index < -0.39 is 12.0 Å². The van der Waals surface area contributed by atoms with Crippen molar-refractivity contribution >= 4 is 17.6 Å². The average Bonchev–Trinajstić information content (AvgIpc) is 2.38. The maximum Gasteiger partial charge on any atom is 0.320 e. The lowest BCUT2D eigenvalue weighted by Crippen LogP contribution is -2.42. The van der Waals surface area contributed by atoms with Gasteiger partial charge in [0.15, 0.2) is 0 Å². The van der Waals surface area contributed by atoms with Crippen LogP contribution in [0, 0.1) is 19.8 Å². The molecule has 0 aliphatic rings. The first-order valence-electron chi connectivity index (χ1n) is 7.13. The van der Waals surface area contributed by atoms with Crippen LogP contribution in [0.1, 0.15) is 31.4 Å². The highest BCUT2D eigenvalue weighted by molar-refractivity contribution is 5.93. The number of aryl methyl sites for hydroxylation is 2. The van der Waals surface area contributed by atoms with Gasteiger partial charge in [0, 0.05) is 5.69 Å². The van der Waals surface area contributed by atoms with Crippen LogP contribution >= 0.6 is 0 Å². The number of amides is 1. The number of nitrogens with one attached hydrogen (secondary N) is 2. The standard InChI is InChI=1S/C16H24N2O3/c1-10(2)7-14(16(20)21)17-9-15(19)18-13-8-11(3)5-6-12(13)4/h5-6,8,10,14,17H,7,9H2,1-4H3,(H,18,19)(H,20,21). The van der Waals surface area contributed by atoms with E-state index in [-0.39, 0.29) is 18.4 Å².